The molecule has 16 heavy (non-hydrogen) atoms. The first-order chi connectivity index (χ1) is 7.90. The lowest BCUT2D eigenvalue weighted by molar-refractivity contribution is 0.538. The van der Waals surface area contributed by atoms with E-state index in [0.29, 0.717) is 6.04 Å². The molecule has 0 amide bonds. The standard InChI is InChI=1S/C12H15N3S/c1-2-14-11(12-8-16-9-15-12)6-10-4-3-5-13-7-10/h3-5,7-9,11,14H,2,6H2,1H3. The molecule has 0 fully saturated rings. The topological polar surface area (TPSA) is 37.8 Å². The molecule has 4 heteroatoms. The molecule has 1 atom stereocenters. The Balaban J connectivity index is 2.09. The van der Waals surface area contributed by atoms with Crippen molar-refractivity contribution < 1.29 is 0 Å². The van der Waals surface area contributed by atoms with Crippen LogP contribution in [0.15, 0.2) is 35.4 Å². The quantitative estimate of drug-likeness (QED) is 0.862. The fourth-order valence-corrected chi connectivity index (χ4v) is 2.28. The number of aromatic nitrogens is 2. The highest BCUT2D eigenvalue weighted by Crippen LogP contribution is 2.17. The fourth-order valence-electron chi connectivity index (χ4n) is 1.68. The summed E-state index contributed by atoms with van der Waals surface area (Å²) in [7, 11) is 0. The Hall–Kier alpha value is -1.26. The number of nitrogens with zero attached hydrogens (tertiary/aromatic N) is 2. The van der Waals surface area contributed by atoms with Gasteiger partial charge >= 0.3 is 0 Å². The molecule has 0 aromatic carbocycles. The van der Waals surface area contributed by atoms with Gasteiger partial charge in [-0.15, -0.1) is 11.3 Å². The summed E-state index contributed by atoms with van der Waals surface area (Å²) in [6.07, 6.45) is 4.65. The van der Waals surface area contributed by atoms with Crippen LogP contribution in [0.2, 0.25) is 0 Å². The van der Waals surface area contributed by atoms with E-state index in [4.69, 9.17) is 0 Å². The SMILES string of the molecule is CCNC(Cc1cccnc1)c1cscn1. The number of hydrogen-bond donors (Lipinski definition) is 1. The largest absolute Gasteiger partial charge is 0.309 e. The molecule has 2 rings (SSSR count). The zero-order chi connectivity index (χ0) is 11.2. The Morgan fingerprint density at radius 1 is 1.50 bits per heavy atom. The zero-order valence-electron chi connectivity index (χ0n) is 9.26. The first kappa shape index (κ1) is 11.2. The second kappa shape index (κ2) is 5.72. The summed E-state index contributed by atoms with van der Waals surface area (Å²) in [6, 6.07) is 4.36. The van der Waals surface area contributed by atoms with Gasteiger partial charge in [-0.2, -0.15) is 0 Å². The van der Waals surface area contributed by atoms with Crippen LogP contribution in [0.3, 0.4) is 0 Å². The summed E-state index contributed by atoms with van der Waals surface area (Å²) < 4.78 is 0. The molecule has 2 aromatic rings. The minimum Gasteiger partial charge on any atom is -0.309 e. The van der Waals surface area contributed by atoms with E-state index in [1.165, 1.54) is 5.56 Å². The van der Waals surface area contributed by atoms with Gasteiger partial charge in [0, 0.05) is 17.8 Å². The predicted molar refractivity (Wildman–Crippen MR) is 66.5 cm³/mol. The zero-order valence-corrected chi connectivity index (χ0v) is 10.1. The summed E-state index contributed by atoms with van der Waals surface area (Å²) in [5.41, 5.74) is 4.24. The van der Waals surface area contributed by atoms with Crippen LogP contribution in [0.1, 0.15) is 24.2 Å². The van der Waals surface area contributed by atoms with Crippen molar-refractivity contribution in [2.45, 2.75) is 19.4 Å². The number of thiazole rings is 1. The van der Waals surface area contributed by atoms with Crippen molar-refractivity contribution in [3.8, 4) is 0 Å². The first-order valence-electron chi connectivity index (χ1n) is 5.40. The second-order valence-electron chi connectivity index (χ2n) is 3.59. The molecule has 84 valence electrons. The van der Waals surface area contributed by atoms with Crippen LogP contribution >= 0.6 is 11.3 Å². The minimum absolute atomic E-state index is 0.292. The van der Waals surface area contributed by atoms with Crippen molar-refractivity contribution in [2.24, 2.45) is 0 Å². The Morgan fingerprint density at radius 2 is 2.44 bits per heavy atom. The third kappa shape index (κ3) is 2.87. The maximum absolute atomic E-state index is 4.37. The lowest BCUT2D eigenvalue weighted by atomic mass is 10.1. The van der Waals surface area contributed by atoms with Crippen LogP contribution < -0.4 is 5.32 Å². The summed E-state index contributed by atoms with van der Waals surface area (Å²) in [5, 5.41) is 5.55. The molecule has 2 aromatic heterocycles. The first-order valence-corrected chi connectivity index (χ1v) is 6.34. The lowest BCUT2D eigenvalue weighted by Gasteiger charge is -2.15. The average molecular weight is 233 g/mol. The van der Waals surface area contributed by atoms with E-state index in [2.05, 4.69) is 33.7 Å². The van der Waals surface area contributed by atoms with Gasteiger partial charge in [-0.1, -0.05) is 13.0 Å². The Labute approximate surface area is 99.6 Å². The van der Waals surface area contributed by atoms with Gasteiger partial charge in [-0.05, 0) is 24.6 Å². The number of pyridine rings is 1. The summed E-state index contributed by atoms with van der Waals surface area (Å²) in [6.45, 7) is 3.06. The van der Waals surface area contributed by atoms with Gasteiger partial charge in [0.05, 0.1) is 17.2 Å². The smallest absolute Gasteiger partial charge is 0.0795 e. The van der Waals surface area contributed by atoms with Crippen molar-refractivity contribution >= 4 is 11.3 Å². The highest BCUT2D eigenvalue weighted by Gasteiger charge is 2.12. The van der Waals surface area contributed by atoms with Crippen LogP contribution in [0.5, 0.6) is 0 Å². The highest BCUT2D eigenvalue weighted by molar-refractivity contribution is 7.07. The Bertz CT molecular complexity index is 399. The molecule has 2 heterocycles. The molecule has 3 nitrogen and oxygen atoms in total. The third-order valence-electron chi connectivity index (χ3n) is 2.42. The van der Waals surface area contributed by atoms with Gasteiger partial charge in [0.2, 0.25) is 0 Å². The average Bonchev–Trinajstić information content (AvgIpc) is 2.83. The molecular formula is C12H15N3S. The molecule has 1 N–H and O–H groups in total. The van der Waals surface area contributed by atoms with Crippen molar-refractivity contribution in [1.82, 2.24) is 15.3 Å². The maximum Gasteiger partial charge on any atom is 0.0795 e. The van der Waals surface area contributed by atoms with Crippen molar-refractivity contribution in [2.75, 3.05) is 6.54 Å². The van der Waals surface area contributed by atoms with Crippen molar-refractivity contribution in [3.05, 3.63) is 46.7 Å². The van der Waals surface area contributed by atoms with Gasteiger partial charge in [0.25, 0.3) is 0 Å². The summed E-state index contributed by atoms with van der Waals surface area (Å²) in [4.78, 5) is 8.50. The normalized spacial score (nSPS) is 12.6. The molecule has 0 bridgehead atoms. The molecule has 1 unspecified atom stereocenters. The molecule has 0 saturated carbocycles. The van der Waals surface area contributed by atoms with Crippen molar-refractivity contribution in [1.29, 1.82) is 0 Å². The van der Waals surface area contributed by atoms with E-state index in [1.807, 2.05) is 17.8 Å². The minimum atomic E-state index is 0.292. The van der Waals surface area contributed by atoms with Crippen LogP contribution in [0.25, 0.3) is 0 Å². The van der Waals surface area contributed by atoms with E-state index in [9.17, 15) is 0 Å². The van der Waals surface area contributed by atoms with E-state index in [1.54, 1.807) is 17.5 Å². The van der Waals surface area contributed by atoms with Crippen LogP contribution in [-0.4, -0.2) is 16.5 Å². The van der Waals surface area contributed by atoms with Gasteiger partial charge < -0.3 is 5.32 Å². The molecule has 0 aliphatic carbocycles. The van der Waals surface area contributed by atoms with E-state index < -0.39 is 0 Å². The molecule has 0 aliphatic heterocycles. The van der Waals surface area contributed by atoms with Crippen LogP contribution in [-0.2, 0) is 6.42 Å². The third-order valence-corrected chi connectivity index (χ3v) is 3.03. The van der Waals surface area contributed by atoms with Gasteiger partial charge in [-0.25, -0.2) is 4.98 Å². The second-order valence-corrected chi connectivity index (χ2v) is 4.31. The molecule has 0 radical (unpaired) electrons. The molecule has 0 aliphatic rings. The van der Waals surface area contributed by atoms with Crippen molar-refractivity contribution in [3.63, 3.8) is 0 Å². The van der Waals surface area contributed by atoms with E-state index in [-0.39, 0.29) is 0 Å². The maximum atomic E-state index is 4.37. The monoisotopic (exact) mass is 233 g/mol. The number of nitrogens with one attached hydrogen (secondary N) is 1. The predicted octanol–water partition coefficient (Wildman–Crippen LogP) is 2.43. The van der Waals surface area contributed by atoms with Gasteiger partial charge in [-0.3, -0.25) is 4.98 Å². The van der Waals surface area contributed by atoms with Gasteiger partial charge in [0.15, 0.2) is 0 Å². The van der Waals surface area contributed by atoms with Crippen LogP contribution in [0.4, 0.5) is 0 Å². The Morgan fingerprint density at radius 3 is 3.06 bits per heavy atom. The Kier molecular flexibility index (Phi) is 4.02. The highest BCUT2D eigenvalue weighted by atomic mass is 32.1. The molecular weight excluding hydrogens is 218 g/mol. The van der Waals surface area contributed by atoms with Crippen LogP contribution in [0, 0.1) is 0 Å². The number of rotatable bonds is 5. The lowest BCUT2D eigenvalue weighted by Crippen LogP contribution is -2.23. The number of hydrogen-bond acceptors (Lipinski definition) is 4. The summed E-state index contributed by atoms with van der Waals surface area (Å²) >= 11 is 1.64. The molecule has 0 spiro atoms. The fraction of sp³-hybridized carbons (Fsp3) is 0.333. The summed E-state index contributed by atoms with van der Waals surface area (Å²) in [5.74, 6) is 0. The van der Waals surface area contributed by atoms with Gasteiger partial charge in [0.1, 0.15) is 0 Å². The number of likely N-dealkylation sites (N-methyl/N-ethyl adjacent to an activating group) is 1. The van der Waals surface area contributed by atoms with E-state index >= 15 is 0 Å². The molecule has 0 saturated heterocycles. The van der Waals surface area contributed by atoms with E-state index in [0.717, 1.165) is 18.7 Å².